The molecule has 0 aromatic heterocycles. The lowest BCUT2D eigenvalue weighted by molar-refractivity contribution is 1.02. The van der Waals surface area contributed by atoms with Crippen molar-refractivity contribution in [1.82, 2.24) is 0 Å². The molecule has 3 rings (SSSR count). The van der Waals surface area contributed by atoms with Crippen LogP contribution in [0.25, 0.3) is 6.08 Å². The van der Waals surface area contributed by atoms with Gasteiger partial charge in [0.25, 0.3) is 0 Å². The van der Waals surface area contributed by atoms with Crippen LogP contribution in [0.15, 0.2) is 29.3 Å². The van der Waals surface area contributed by atoms with Crippen LogP contribution in [0.1, 0.15) is 12.0 Å². The normalized spacial score (nSPS) is 18.1. The molecule has 0 spiro atoms. The molecule has 0 amide bonds. The number of hydrogen-bond acceptors (Lipinski definition) is 3. The molecule has 0 unspecified atom stereocenters. The van der Waals surface area contributed by atoms with Gasteiger partial charge in [0.15, 0.2) is 0 Å². The van der Waals surface area contributed by atoms with E-state index in [2.05, 4.69) is 28.1 Å². The van der Waals surface area contributed by atoms with Crippen LogP contribution in [0.4, 0.5) is 11.4 Å². The maximum absolute atomic E-state index is 5.83. The van der Waals surface area contributed by atoms with Crippen LogP contribution in [0, 0.1) is 0 Å². The molecule has 0 fully saturated rings. The lowest BCUT2D eigenvalue weighted by atomic mass is 10.1. The van der Waals surface area contributed by atoms with E-state index >= 15 is 0 Å². The molecule has 0 bridgehead atoms. The maximum Gasteiger partial charge on any atom is 0.107 e. The fraction of sp³-hybridized carbons (Fsp3) is 0.250. The summed E-state index contributed by atoms with van der Waals surface area (Å²) in [4.78, 5) is 6.77. The van der Waals surface area contributed by atoms with E-state index in [1.165, 1.54) is 11.3 Å². The molecular weight excluding hydrogens is 186 g/mol. The summed E-state index contributed by atoms with van der Waals surface area (Å²) in [5, 5.41) is 0. The molecule has 3 nitrogen and oxygen atoms in total. The van der Waals surface area contributed by atoms with E-state index in [1.807, 2.05) is 12.1 Å². The van der Waals surface area contributed by atoms with Crippen LogP contribution in [0.5, 0.6) is 0 Å². The van der Waals surface area contributed by atoms with Crippen molar-refractivity contribution in [2.45, 2.75) is 6.42 Å². The molecule has 0 atom stereocenters. The molecular formula is C12H13N3. The van der Waals surface area contributed by atoms with Gasteiger partial charge in [-0.2, -0.15) is 0 Å². The first kappa shape index (κ1) is 8.53. The van der Waals surface area contributed by atoms with Crippen molar-refractivity contribution in [3.63, 3.8) is 0 Å². The topological polar surface area (TPSA) is 41.6 Å². The number of amidine groups is 1. The van der Waals surface area contributed by atoms with Crippen molar-refractivity contribution in [3.8, 4) is 0 Å². The van der Waals surface area contributed by atoms with Gasteiger partial charge >= 0.3 is 0 Å². The van der Waals surface area contributed by atoms with Gasteiger partial charge in [-0.3, -0.25) is 4.99 Å². The van der Waals surface area contributed by atoms with Gasteiger partial charge in [-0.15, -0.1) is 0 Å². The molecule has 2 aliphatic rings. The van der Waals surface area contributed by atoms with Crippen molar-refractivity contribution in [1.29, 1.82) is 0 Å². The summed E-state index contributed by atoms with van der Waals surface area (Å²) in [6.45, 7) is 1.88. The van der Waals surface area contributed by atoms with E-state index in [1.54, 1.807) is 0 Å². The van der Waals surface area contributed by atoms with Gasteiger partial charge in [-0.05, 0) is 17.7 Å². The Kier molecular flexibility index (Phi) is 1.78. The fourth-order valence-electron chi connectivity index (χ4n) is 2.15. The SMILES string of the molecule is Nc1ccc2c(c1)N1CCN=C1CC=C2. The number of nitrogen functional groups attached to an aromatic ring is 1. The van der Waals surface area contributed by atoms with Crippen LogP contribution in [0.2, 0.25) is 0 Å². The van der Waals surface area contributed by atoms with Gasteiger partial charge in [-0.25, -0.2) is 0 Å². The largest absolute Gasteiger partial charge is 0.399 e. The number of aliphatic imine (C=N–C) groups is 1. The van der Waals surface area contributed by atoms with Crippen LogP contribution < -0.4 is 10.6 Å². The molecule has 1 aromatic rings. The second-order valence-corrected chi connectivity index (χ2v) is 3.87. The fourth-order valence-corrected chi connectivity index (χ4v) is 2.15. The van der Waals surface area contributed by atoms with Gasteiger partial charge in [0.05, 0.1) is 12.2 Å². The van der Waals surface area contributed by atoms with E-state index < -0.39 is 0 Å². The number of anilines is 2. The highest BCUT2D eigenvalue weighted by atomic mass is 15.2. The van der Waals surface area contributed by atoms with Gasteiger partial charge in [0.1, 0.15) is 5.84 Å². The zero-order valence-corrected chi connectivity index (χ0v) is 8.48. The molecule has 0 saturated carbocycles. The highest BCUT2D eigenvalue weighted by Crippen LogP contribution is 2.29. The quantitative estimate of drug-likeness (QED) is 0.648. The predicted molar refractivity (Wildman–Crippen MR) is 64.2 cm³/mol. The van der Waals surface area contributed by atoms with Crippen molar-refractivity contribution < 1.29 is 0 Å². The molecule has 0 aliphatic carbocycles. The summed E-state index contributed by atoms with van der Waals surface area (Å²) >= 11 is 0. The van der Waals surface area contributed by atoms with Crippen molar-refractivity contribution in [3.05, 3.63) is 29.8 Å². The minimum absolute atomic E-state index is 0.815. The zero-order chi connectivity index (χ0) is 10.3. The van der Waals surface area contributed by atoms with Gasteiger partial charge in [-0.1, -0.05) is 18.2 Å². The second kappa shape index (κ2) is 3.12. The highest BCUT2D eigenvalue weighted by Gasteiger charge is 2.21. The number of nitrogens with zero attached hydrogens (tertiary/aromatic N) is 2. The summed E-state index contributed by atoms with van der Waals surface area (Å²) in [7, 11) is 0. The van der Waals surface area contributed by atoms with E-state index in [0.29, 0.717) is 0 Å². The van der Waals surface area contributed by atoms with Crippen molar-refractivity contribution in [2.75, 3.05) is 23.7 Å². The lowest BCUT2D eigenvalue weighted by Crippen LogP contribution is -2.26. The average molecular weight is 199 g/mol. The zero-order valence-electron chi connectivity index (χ0n) is 8.48. The monoisotopic (exact) mass is 199 g/mol. The van der Waals surface area contributed by atoms with Crippen molar-refractivity contribution in [2.24, 2.45) is 4.99 Å². The molecule has 15 heavy (non-hydrogen) atoms. The molecule has 1 aromatic carbocycles. The van der Waals surface area contributed by atoms with E-state index in [4.69, 9.17) is 5.73 Å². The van der Waals surface area contributed by atoms with Crippen LogP contribution in [-0.2, 0) is 0 Å². The Morgan fingerprint density at radius 3 is 3.20 bits per heavy atom. The second-order valence-electron chi connectivity index (χ2n) is 3.87. The van der Waals surface area contributed by atoms with Gasteiger partial charge in [0, 0.05) is 18.7 Å². The number of benzene rings is 1. The Hall–Kier alpha value is -1.77. The smallest absolute Gasteiger partial charge is 0.107 e. The highest BCUT2D eigenvalue weighted by molar-refractivity contribution is 6.03. The Morgan fingerprint density at radius 2 is 2.27 bits per heavy atom. The standard InChI is InChI=1S/C12H13N3/c13-10-5-4-9-2-1-3-12-14-6-7-15(12)11(9)8-10/h1-2,4-5,8H,3,6-7,13H2. The minimum Gasteiger partial charge on any atom is -0.399 e. The minimum atomic E-state index is 0.815. The summed E-state index contributed by atoms with van der Waals surface area (Å²) in [5.74, 6) is 1.16. The number of rotatable bonds is 0. The first-order valence-corrected chi connectivity index (χ1v) is 5.21. The summed E-state index contributed by atoms with van der Waals surface area (Å²) in [6.07, 6.45) is 5.24. The first-order chi connectivity index (χ1) is 7.34. The van der Waals surface area contributed by atoms with E-state index in [-0.39, 0.29) is 0 Å². The third-order valence-electron chi connectivity index (χ3n) is 2.87. The Morgan fingerprint density at radius 1 is 1.33 bits per heavy atom. The van der Waals surface area contributed by atoms with Crippen LogP contribution in [-0.4, -0.2) is 18.9 Å². The molecule has 0 saturated heterocycles. The van der Waals surface area contributed by atoms with Crippen LogP contribution in [0.3, 0.4) is 0 Å². The lowest BCUT2D eigenvalue weighted by Gasteiger charge is -2.20. The van der Waals surface area contributed by atoms with Crippen LogP contribution >= 0.6 is 0 Å². The molecule has 2 aliphatic heterocycles. The molecule has 76 valence electrons. The van der Waals surface area contributed by atoms with E-state index in [9.17, 15) is 0 Å². The molecule has 2 N–H and O–H groups in total. The summed E-state index contributed by atoms with van der Waals surface area (Å²) < 4.78 is 0. The predicted octanol–water partition coefficient (Wildman–Crippen LogP) is 1.90. The Balaban J connectivity index is 2.17. The number of hydrogen-bond donors (Lipinski definition) is 1. The Labute approximate surface area is 88.9 Å². The molecule has 3 heteroatoms. The third-order valence-corrected chi connectivity index (χ3v) is 2.87. The number of fused-ring (bicyclic) bond motifs is 3. The average Bonchev–Trinajstić information content (AvgIpc) is 2.62. The van der Waals surface area contributed by atoms with Gasteiger partial charge < -0.3 is 10.6 Å². The maximum atomic E-state index is 5.83. The molecule has 0 radical (unpaired) electrons. The Bertz CT molecular complexity index is 460. The third kappa shape index (κ3) is 1.31. The number of nitrogens with two attached hydrogens (primary N) is 1. The first-order valence-electron chi connectivity index (χ1n) is 5.21. The summed E-state index contributed by atoms with van der Waals surface area (Å²) in [6, 6.07) is 6.05. The molecule has 2 heterocycles. The van der Waals surface area contributed by atoms with Gasteiger partial charge in [0.2, 0.25) is 0 Å². The van der Waals surface area contributed by atoms with Crippen molar-refractivity contribution >= 4 is 23.3 Å². The van der Waals surface area contributed by atoms with E-state index in [0.717, 1.165) is 31.0 Å². The summed E-state index contributed by atoms with van der Waals surface area (Å²) in [5.41, 5.74) is 9.07.